The Balaban J connectivity index is 0.00000364. The van der Waals surface area contributed by atoms with Crippen LogP contribution in [0, 0.1) is 0 Å². The number of para-hydroxylation sites is 1. The lowest BCUT2D eigenvalue weighted by atomic mass is 10.1. The first kappa shape index (κ1) is 23.4. The van der Waals surface area contributed by atoms with E-state index in [9.17, 15) is 13.2 Å². The highest BCUT2D eigenvalue weighted by Gasteiger charge is 2.22. The maximum absolute atomic E-state index is 12.4. The second-order valence-electron chi connectivity index (χ2n) is 5.72. The van der Waals surface area contributed by atoms with Crippen molar-refractivity contribution in [2.45, 2.75) is 31.3 Å². The number of halogens is 2. The summed E-state index contributed by atoms with van der Waals surface area (Å²) in [7, 11) is -3.82. The second-order valence-corrected chi connectivity index (χ2v) is 7.87. The average Bonchev–Trinajstić information content (AvgIpc) is 2.61. The number of nitrogens with one attached hydrogen (secondary N) is 3. The molecule has 2 aromatic carbocycles. The monoisotopic (exact) mass is 431 g/mol. The summed E-state index contributed by atoms with van der Waals surface area (Å²) in [5.74, 6) is -0.438. The van der Waals surface area contributed by atoms with Gasteiger partial charge in [0.1, 0.15) is 0 Å². The van der Waals surface area contributed by atoms with Crippen molar-refractivity contribution < 1.29 is 13.2 Å². The fourth-order valence-corrected chi connectivity index (χ4v) is 3.59. The van der Waals surface area contributed by atoms with Crippen LogP contribution in [0.5, 0.6) is 0 Å². The first-order chi connectivity index (χ1) is 12.3. The lowest BCUT2D eigenvalue weighted by Gasteiger charge is -2.16. The molecular formula is C18H23Cl2N3O3S. The highest BCUT2D eigenvalue weighted by atomic mass is 35.5. The Bertz CT molecular complexity index is 858. The minimum atomic E-state index is -3.82. The quantitative estimate of drug-likeness (QED) is 0.598. The Morgan fingerprint density at radius 1 is 1.11 bits per heavy atom. The molecule has 0 aliphatic carbocycles. The maximum atomic E-state index is 12.4. The molecule has 0 heterocycles. The van der Waals surface area contributed by atoms with Crippen molar-refractivity contribution in [2.24, 2.45) is 0 Å². The first-order valence-electron chi connectivity index (χ1n) is 8.21. The van der Waals surface area contributed by atoms with Crippen LogP contribution in [0.3, 0.4) is 0 Å². The summed E-state index contributed by atoms with van der Waals surface area (Å²) in [4.78, 5) is 12.5. The Hall–Kier alpha value is -1.64. The molecule has 3 N–H and O–H groups in total. The molecule has 9 heteroatoms. The lowest BCUT2D eigenvalue weighted by molar-refractivity contribution is -0.117. The van der Waals surface area contributed by atoms with Gasteiger partial charge in [0.05, 0.1) is 10.9 Å². The van der Waals surface area contributed by atoms with E-state index in [0.717, 1.165) is 12.1 Å². The molecule has 1 amide bonds. The molecule has 0 fully saturated rings. The van der Waals surface area contributed by atoms with Gasteiger partial charge in [-0.3, -0.25) is 4.79 Å². The molecule has 1 atom stereocenters. The second kappa shape index (κ2) is 10.6. The van der Waals surface area contributed by atoms with Gasteiger partial charge in [0, 0.05) is 17.3 Å². The summed E-state index contributed by atoms with van der Waals surface area (Å²) >= 11 is 5.77. The summed E-state index contributed by atoms with van der Waals surface area (Å²) in [5.41, 5.74) is 1.58. The molecule has 148 valence electrons. The van der Waals surface area contributed by atoms with Gasteiger partial charge in [-0.15, -0.1) is 12.4 Å². The van der Waals surface area contributed by atoms with Gasteiger partial charge in [-0.25, -0.2) is 8.42 Å². The molecule has 0 saturated carbocycles. The predicted molar refractivity (Wildman–Crippen MR) is 111 cm³/mol. The van der Waals surface area contributed by atoms with E-state index in [1.165, 1.54) is 31.2 Å². The third-order valence-electron chi connectivity index (χ3n) is 3.69. The van der Waals surface area contributed by atoms with Gasteiger partial charge in [0.2, 0.25) is 15.9 Å². The number of amides is 1. The zero-order chi connectivity index (χ0) is 19.2. The van der Waals surface area contributed by atoms with Gasteiger partial charge in [-0.05, 0) is 49.4 Å². The Kier molecular flexibility index (Phi) is 9.21. The van der Waals surface area contributed by atoms with Gasteiger partial charge in [-0.2, -0.15) is 4.72 Å². The molecule has 2 rings (SSSR count). The molecule has 6 nitrogen and oxygen atoms in total. The third-order valence-corrected chi connectivity index (χ3v) is 5.50. The van der Waals surface area contributed by atoms with Crippen molar-refractivity contribution in [3.05, 3.63) is 59.1 Å². The number of sulfonamides is 1. The summed E-state index contributed by atoms with van der Waals surface area (Å²) < 4.78 is 27.1. The van der Waals surface area contributed by atoms with E-state index in [2.05, 4.69) is 15.4 Å². The van der Waals surface area contributed by atoms with Crippen LogP contribution in [-0.4, -0.2) is 26.9 Å². The van der Waals surface area contributed by atoms with E-state index < -0.39 is 22.0 Å². The molecule has 2 aromatic rings. The van der Waals surface area contributed by atoms with Crippen molar-refractivity contribution in [1.29, 1.82) is 0 Å². The highest BCUT2D eigenvalue weighted by Crippen LogP contribution is 2.16. The van der Waals surface area contributed by atoms with E-state index in [0.29, 0.717) is 17.3 Å². The zero-order valence-electron chi connectivity index (χ0n) is 15.0. The fraction of sp³-hybridized carbons (Fsp3) is 0.278. The Labute approximate surface area is 171 Å². The zero-order valence-corrected chi connectivity index (χ0v) is 17.4. The molecule has 0 aliphatic rings. The van der Waals surface area contributed by atoms with Crippen molar-refractivity contribution >= 4 is 45.6 Å². The molecule has 0 aliphatic heterocycles. The van der Waals surface area contributed by atoms with Crippen molar-refractivity contribution in [1.82, 2.24) is 10.0 Å². The predicted octanol–water partition coefficient (Wildman–Crippen LogP) is 3.18. The number of carbonyl (C=O) groups excluding carboxylic acids is 1. The van der Waals surface area contributed by atoms with Gasteiger partial charge in [0.25, 0.3) is 0 Å². The van der Waals surface area contributed by atoms with Crippen LogP contribution in [0.15, 0.2) is 53.4 Å². The molecule has 27 heavy (non-hydrogen) atoms. The van der Waals surface area contributed by atoms with Crippen LogP contribution < -0.4 is 15.4 Å². The molecule has 1 unspecified atom stereocenters. The van der Waals surface area contributed by atoms with Crippen molar-refractivity contribution in [3.63, 3.8) is 0 Å². The van der Waals surface area contributed by atoms with Gasteiger partial charge in [-0.1, -0.05) is 36.7 Å². The maximum Gasteiger partial charge on any atom is 0.242 e. The summed E-state index contributed by atoms with van der Waals surface area (Å²) in [6.45, 7) is 4.90. The number of rotatable bonds is 8. The minimum absolute atomic E-state index is 0. The standard InChI is InChI=1S/C18H22ClN3O3S.ClH/c1-3-20-12-14-6-4-5-7-17(14)21-18(23)13(2)22-26(24,25)16-10-8-15(19)9-11-16;/h4-11,13,20,22H,3,12H2,1-2H3,(H,21,23);1H. The van der Waals surface area contributed by atoms with Crippen LogP contribution >= 0.6 is 24.0 Å². The van der Waals surface area contributed by atoms with Gasteiger partial charge in [0.15, 0.2) is 0 Å². The Morgan fingerprint density at radius 2 is 1.74 bits per heavy atom. The summed E-state index contributed by atoms with van der Waals surface area (Å²) in [6.07, 6.45) is 0. The largest absolute Gasteiger partial charge is 0.324 e. The molecule has 0 aromatic heterocycles. The molecule has 0 saturated heterocycles. The smallest absolute Gasteiger partial charge is 0.242 e. The first-order valence-corrected chi connectivity index (χ1v) is 10.1. The summed E-state index contributed by atoms with van der Waals surface area (Å²) in [6, 6.07) is 12.2. The average molecular weight is 432 g/mol. The fourth-order valence-electron chi connectivity index (χ4n) is 2.27. The highest BCUT2D eigenvalue weighted by molar-refractivity contribution is 7.89. The topological polar surface area (TPSA) is 87.3 Å². The van der Waals surface area contributed by atoms with Gasteiger partial charge < -0.3 is 10.6 Å². The molecular weight excluding hydrogens is 409 g/mol. The van der Waals surface area contributed by atoms with Crippen LogP contribution in [0.1, 0.15) is 19.4 Å². The third kappa shape index (κ3) is 6.79. The molecule has 0 radical (unpaired) electrons. The van der Waals surface area contributed by atoms with Crippen LogP contribution in [0.2, 0.25) is 5.02 Å². The number of anilines is 1. The Morgan fingerprint density at radius 3 is 2.37 bits per heavy atom. The number of benzene rings is 2. The minimum Gasteiger partial charge on any atom is -0.324 e. The van der Waals surface area contributed by atoms with Crippen LogP contribution in [-0.2, 0) is 21.4 Å². The van der Waals surface area contributed by atoms with Gasteiger partial charge >= 0.3 is 0 Å². The van der Waals surface area contributed by atoms with Crippen molar-refractivity contribution in [3.8, 4) is 0 Å². The van der Waals surface area contributed by atoms with E-state index in [4.69, 9.17) is 11.6 Å². The SMILES string of the molecule is CCNCc1ccccc1NC(=O)C(C)NS(=O)(=O)c1ccc(Cl)cc1.Cl. The van der Waals surface area contributed by atoms with E-state index in [-0.39, 0.29) is 17.3 Å². The molecule has 0 spiro atoms. The van der Waals surface area contributed by atoms with E-state index >= 15 is 0 Å². The van der Waals surface area contributed by atoms with E-state index in [1.807, 2.05) is 25.1 Å². The number of hydrogen-bond donors (Lipinski definition) is 3. The lowest BCUT2D eigenvalue weighted by Crippen LogP contribution is -2.41. The van der Waals surface area contributed by atoms with E-state index in [1.54, 1.807) is 6.07 Å². The van der Waals surface area contributed by atoms with Crippen LogP contribution in [0.25, 0.3) is 0 Å². The summed E-state index contributed by atoms with van der Waals surface area (Å²) in [5, 5.41) is 6.41. The number of carbonyl (C=O) groups is 1. The van der Waals surface area contributed by atoms with Crippen LogP contribution in [0.4, 0.5) is 5.69 Å². The molecule has 0 bridgehead atoms. The number of hydrogen-bond acceptors (Lipinski definition) is 4. The van der Waals surface area contributed by atoms with Crippen molar-refractivity contribution in [2.75, 3.05) is 11.9 Å². The normalized spacial score (nSPS) is 12.1.